The lowest BCUT2D eigenvalue weighted by Crippen LogP contribution is -2.48. The molecule has 0 radical (unpaired) electrons. The zero-order valence-corrected chi connectivity index (χ0v) is 11.6. The number of amides is 1. The minimum absolute atomic E-state index is 0.0157. The fraction of sp³-hybridized carbons (Fsp3) is 0.923. The van der Waals surface area contributed by atoms with E-state index in [1.165, 1.54) is 0 Å². The highest BCUT2D eigenvalue weighted by Crippen LogP contribution is 2.12. The van der Waals surface area contributed by atoms with Crippen LogP contribution in [0.25, 0.3) is 0 Å². The molecule has 1 rings (SSSR count). The largest absolute Gasteiger partial charge is 0.391 e. The van der Waals surface area contributed by atoms with Gasteiger partial charge in [0.05, 0.1) is 12.6 Å². The Bertz CT molecular complexity index is 238. The molecule has 0 aromatic carbocycles. The molecule has 1 aliphatic rings. The van der Waals surface area contributed by atoms with E-state index in [0.717, 1.165) is 39.0 Å². The maximum Gasteiger partial charge on any atom is 0.234 e. The van der Waals surface area contributed by atoms with Crippen molar-refractivity contribution in [1.82, 2.24) is 15.5 Å². The molecule has 106 valence electrons. The van der Waals surface area contributed by atoms with E-state index in [9.17, 15) is 9.90 Å². The lowest BCUT2D eigenvalue weighted by molar-refractivity contribution is -0.123. The van der Waals surface area contributed by atoms with Crippen LogP contribution in [0.5, 0.6) is 0 Å². The third-order valence-corrected chi connectivity index (χ3v) is 3.68. The summed E-state index contributed by atoms with van der Waals surface area (Å²) < 4.78 is 0. The van der Waals surface area contributed by atoms with Crippen LogP contribution in [-0.4, -0.2) is 61.3 Å². The van der Waals surface area contributed by atoms with Crippen molar-refractivity contribution in [2.24, 2.45) is 5.92 Å². The fourth-order valence-electron chi connectivity index (χ4n) is 2.35. The second kappa shape index (κ2) is 8.45. The average Bonchev–Trinajstić information content (AvgIpc) is 2.39. The fourth-order valence-corrected chi connectivity index (χ4v) is 2.35. The zero-order valence-electron chi connectivity index (χ0n) is 11.6. The number of carbonyl (C=O) groups excluding carboxylic acids is 1. The van der Waals surface area contributed by atoms with E-state index in [0.29, 0.717) is 13.1 Å². The molecule has 1 fully saturated rings. The van der Waals surface area contributed by atoms with Crippen LogP contribution in [0.2, 0.25) is 0 Å². The summed E-state index contributed by atoms with van der Waals surface area (Å²) in [5, 5.41) is 16.0. The van der Waals surface area contributed by atoms with E-state index in [4.69, 9.17) is 0 Å². The summed E-state index contributed by atoms with van der Waals surface area (Å²) in [6.07, 6.45) is 1.48. The number of rotatable bonds is 7. The number of nitrogens with zero attached hydrogens (tertiary/aromatic N) is 1. The van der Waals surface area contributed by atoms with Gasteiger partial charge in [0.2, 0.25) is 5.91 Å². The van der Waals surface area contributed by atoms with E-state index in [2.05, 4.69) is 29.4 Å². The molecule has 0 aromatic rings. The van der Waals surface area contributed by atoms with Gasteiger partial charge in [0, 0.05) is 32.7 Å². The predicted molar refractivity (Wildman–Crippen MR) is 72.4 cm³/mol. The van der Waals surface area contributed by atoms with Gasteiger partial charge >= 0.3 is 0 Å². The van der Waals surface area contributed by atoms with Gasteiger partial charge in [-0.15, -0.1) is 0 Å². The number of hydrogen-bond acceptors (Lipinski definition) is 4. The van der Waals surface area contributed by atoms with Gasteiger partial charge in [0.25, 0.3) is 0 Å². The molecule has 0 saturated carbocycles. The lowest BCUT2D eigenvalue weighted by atomic mass is 9.96. The number of aliphatic hydroxyl groups is 1. The van der Waals surface area contributed by atoms with Crippen LogP contribution in [-0.2, 0) is 4.79 Å². The van der Waals surface area contributed by atoms with Crippen LogP contribution in [0.4, 0.5) is 0 Å². The molecule has 1 saturated heterocycles. The van der Waals surface area contributed by atoms with Gasteiger partial charge in [0.1, 0.15) is 0 Å². The molecule has 5 nitrogen and oxygen atoms in total. The predicted octanol–water partition coefficient (Wildman–Crippen LogP) is -0.195. The summed E-state index contributed by atoms with van der Waals surface area (Å²) in [6, 6.07) is 0. The molecule has 0 aliphatic carbocycles. The van der Waals surface area contributed by atoms with Crippen molar-refractivity contribution in [3.8, 4) is 0 Å². The number of piperazine rings is 1. The first kappa shape index (κ1) is 15.4. The van der Waals surface area contributed by atoms with Crippen LogP contribution in [0.15, 0.2) is 0 Å². The topological polar surface area (TPSA) is 64.6 Å². The highest BCUT2D eigenvalue weighted by molar-refractivity contribution is 5.78. The first-order valence-electron chi connectivity index (χ1n) is 7.05. The average molecular weight is 257 g/mol. The quantitative estimate of drug-likeness (QED) is 0.591. The number of hydrogen-bond donors (Lipinski definition) is 3. The van der Waals surface area contributed by atoms with Gasteiger partial charge in [-0.25, -0.2) is 0 Å². The van der Waals surface area contributed by atoms with Gasteiger partial charge in [-0.2, -0.15) is 0 Å². The molecule has 5 heteroatoms. The molecule has 18 heavy (non-hydrogen) atoms. The van der Waals surface area contributed by atoms with Crippen molar-refractivity contribution in [3.63, 3.8) is 0 Å². The first-order chi connectivity index (χ1) is 8.67. The molecule has 1 amide bonds. The van der Waals surface area contributed by atoms with E-state index in [1.807, 2.05) is 0 Å². The second-order valence-electron chi connectivity index (χ2n) is 4.97. The Labute approximate surface area is 110 Å². The summed E-state index contributed by atoms with van der Waals surface area (Å²) in [4.78, 5) is 13.9. The Morgan fingerprint density at radius 3 is 2.50 bits per heavy atom. The standard InChI is InChI=1S/C13H27N3O2/c1-3-11(4-2)12(17)9-15-13(18)10-16-7-5-14-6-8-16/h11-12,14,17H,3-10H2,1-2H3,(H,15,18). The Hall–Kier alpha value is -0.650. The minimum atomic E-state index is -0.424. The highest BCUT2D eigenvalue weighted by Gasteiger charge is 2.17. The van der Waals surface area contributed by atoms with Gasteiger partial charge in [-0.05, 0) is 5.92 Å². The third-order valence-electron chi connectivity index (χ3n) is 3.68. The Morgan fingerprint density at radius 1 is 1.33 bits per heavy atom. The number of nitrogens with one attached hydrogen (secondary N) is 2. The van der Waals surface area contributed by atoms with E-state index < -0.39 is 6.10 Å². The molecule has 0 spiro atoms. The van der Waals surface area contributed by atoms with E-state index >= 15 is 0 Å². The summed E-state index contributed by atoms with van der Waals surface area (Å²) in [7, 11) is 0. The molecule has 1 heterocycles. The normalized spacial score (nSPS) is 18.9. The molecular formula is C13H27N3O2. The monoisotopic (exact) mass is 257 g/mol. The molecule has 0 bridgehead atoms. The first-order valence-corrected chi connectivity index (χ1v) is 7.05. The minimum Gasteiger partial charge on any atom is -0.391 e. The SMILES string of the molecule is CCC(CC)C(O)CNC(=O)CN1CCNCC1. The van der Waals surface area contributed by atoms with Crippen LogP contribution < -0.4 is 10.6 Å². The second-order valence-corrected chi connectivity index (χ2v) is 4.97. The molecule has 0 aromatic heterocycles. The summed E-state index contributed by atoms with van der Waals surface area (Å²) in [5.41, 5.74) is 0. The van der Waals surface area contributed by atoms with Crippen molar-refractivity contribution < 1.29 is 9.90 Å². The van der Waals surface area contributed by atoms with Crippen molar-refractivity contribution in [1.29, 1.82) is 0 Å². The number of carbonyl (C=O) groups is 1. The maximum absolute atomic E-state index is 11.7. The van der Waals surface area contributed by atoms with Crippen LogP contribution in [0.1, 0.15) is 26.7 Å². The van der Waals surface area contributed by atoms with E-state index in [-0.39, 0.29) is 11.8 Å². The maximum atomic E-state index is 11.7. The van der Waals surface area contributed by atoms with Crippen molar-refractivity contribution in [3.05, 3.63) is 0 Å². The van der Waals surface area contributed by atoms with Crippen molar-refractivity contribution in [2.75, 3.05) is 39.3 Å². The van der Waals surface area contributed by atoms with Crippen LogP contribution in [0.3, 0.4) is 0 Å². The molecule has 1 unspecified atom stereocenters. The summed E-state index contributed by atoms with van der Waals surface area (Å²) >= 11 is 0. The highest BCUT2D eigenvalue weighted by atomic mass is 16.3. The summed E-state index contributed by atoms with van der Waals surface area (Å²) in [5.74, 6) is 0.298. The molecule has 1 atom stereocenters. The van der Waals surface area contributed by atoms with E-state index in [1.54, 1.807) is 0 Å². The van der Waals surface area contributed by atoms with Gasteiger partial charge in [-0.1, -0.05) is 26.7 Å². The molecule has 1 aliphatic heterocycles. The van der Waals surface area contributed by atoms with Gasteiger partial charge in [-0.3, -0.25) is 9.69 Å². The smallest absolute Gasteiger partial charge is 0.234 e. The van der Waals surface area contributed by atoms with Crippen LogP contribution in [0, 0.1) is 5.92 Å². The Kier molecular flexibility index (Phi) is 7.23. The molecule has 3 N–H and O–H groups in total. The third kappa shape index (κ3) is 5.33. The van der Waals surface area contributed by atoms with Gasteiger partial charge < -0.3 is 15.7 Å². The Morgan fingerprint density at radius 2 is 1.94 bits per heavy atom. The van der Waals surface area contributed by atoms with Crippen molar-refractivity contribution in [2.45, 2.75) is 32.8 Å². The lowest BCUT2D eigenvalue weighted by Gasteiger charge is -2.27. The summed E-state index contributed by atoms with van der Waals surface area (Å²) in [6.45, 7) is 8.69. The Balaban J connectivity index is 2.19. The number of aliphatic hydroxyl groups excluding tert-OH is 1. The van der Waals surface area contributed by atoms with Crippen LogP contribution >= 0.6 is 0 Å². The van der Waals surface area contributed by atoms with Gasteiger partial charge in [0.15, 0.2) is 0 Å². The van der Waals surface area contributed by atoms with Crippen molar-refractivity contribution >= 4 is 5.91 Å². The zero-order chi connectivity index (χ0) is 13.4. The molecular weight excluding hydrogens is 230 g/mol.